The van der Waals surface area contributed by atoms with Crippen LogP contribution in [0.25, 0.3) is 11.0 Å². The molecule has 2 saturated heterocycles. The fraction of sp³-hybridized carbons (Fsp3) is 0.688. The fourth-order valence-corrected chi connectivity index (χ4v) is 5.44. The van der Waals surface area contributed by atoms with E-state index in [0.29, 0.717) is 5.65 Å². The summed E-state index contributed by atoms with van der Waals surface area (Å²) in [7, 11) is -4.02. The molecule has 10 nitrogen and oxygen atoms in total. The molecule has 0 saturated carbocycles. The molecule has 4 heterocycles. The zero-order valence-electron chi connectivity index (χ0n) is 15.8. The fourth-order valence-electron chi connectivity index (χ4n) is 3.75. The number of anilines is 1. The molecule has 0 bridgehead atoms. The molecule has 2 aliphatic heterocycles. The Balaban J connectivity index is 1.47. The summed E-state index contributed by atoms with van der Waals surface area (Å²) in [6, 6.07) is 0. The van der Waals surface area contributed by atoms with Crippen molar-refractivity contribution in [2.75, 3.05) is 30.5 Å². The zero-order valence-corrected chi connectivity index (χ0v) is 18.3. The molecular weight excluding hydrogens is 440 g/mol. The molecule has 3 N–H and O–H groups in total. The SMILES string of the molecule is OP(O)CP(O)OCC1CCC(n2ncc3c(N4CCCCC4)nc(Cl)nc32)O1. The van der Waals surface area contributed by atoms with Crippen molar-refractivity contribution in [2.45, 2.75) is 44.4 Å². The van der Waals surface area contributed by atoms with Gasteiger partial charge in [0.1, 0.15) is 5.82 Å². The first-order valence-electron chi connectivity index (χ1n) is 9.57. The first-order chi connectivity index (χ1) is 14.0. The molecule has 0 radical (unpaired) electrons. The maximum atomic E-state index is 9.69. The van der Waals surface area contributed by atoms with E-state index in [0.717, 1.165) is 50.0 Å². The second-order valence-electron chi connectivity index (χ2n) is 7.14. The molecule has 2 aromatic rings. The number of fused-ring (bicyclic) bond motifs is 1. The molecule has 3 unspecified atom stereocenters. The van der Waals surface area contributed by atoms with Crippen molar-refractivity contribution >= 4 is 45.2 Å². The highest BCUT2D eigenvalue weighted by molar-refractivity contribution is 7.63. The van der Waals surface area contributed by atoms with Crippen molar-refractivity contribution in [3.63, 3.8) is 0 Å². The molecule has 3 atom stereocenters. The van der Waals surface area contributed by atoms with Gasteiger partial charge in [-0.2, -0.15) is 15.1 Å². The number of halogens is 1. The average Bonchev–Trinajstić information content (AvgIpc) is 3.32. The van der Waals surface area contributed by atoms with E-state index >= 15 is 0 Å². The lowest BCUT2D eigenvalue weighted by Crippen LogP contribution is -2.30. The van der Waals surface area contributed by atoms with E-state index in [9.17, 15) is 4.89 Å². The number of rotatable bonds is 7. The van der Waals surface area contributed by atoms with Gasteiger partial charge in [-0.15, -0.1) is 0 Å². The minimum atomic E-state index is -2.17. The molecule has 0 aliphatic carbocycles. The summed E-state index contributed by atoms with van der Waals surface area (Å²) in [6.45, 7) is 2.08. The van der Waals surface area contributed by atoms with E-state index in [1.165, 1.54) is 6.42 Å². The number of piperidine rings is 1. The number of aromatic nitrogens is 4. The maximum Gasteiger partial charge on any atom is 0.226 e. The average molecular weight is 464 g/mol. The summed E-state index contributed by atoms with van der Waals surface area (Å²) >= 11 is 6.22. The van der Waals surface area contributed by atoms with Crippen LogP contribution in [0.3, 0.4) is 0 Å². The van der Waals surface area contributed by atoms with Crippen molar-refractivity contribution < 1.29 is 23.9 Å². The minimum Gasteiger partial charge on any atom is -0.356 e. The maximum absolute atomic E-state index is 9.69. The molecule has 29 heavy (non-hydrogen) atoms. The van der Waals surface area contributed by atoms with Crippen LogP contribution in [-0.4, -0.2) is 66.1 Å². The van der Waals surface area contributed by atoms with Gasteiger partial charge in [0.15, 0.2) is 28.6 Å². The van der Waals surface area contributed by atoms with Crippen LogP contribution in [0.15, 0.2) is 6.20 Å². The summed E-state index contributed by atoms with van der Waals surface area (Å²) in [5.74, 6) is 0.679. The third-order valence-corrected chi connectivity index (χ3v) is 7.67. The molecule has 0 amide bonds. The van der Waals surface area contributed by atoms with Gasteiger partial charge >= 0.3 is 0 Å². The van der Waals surface area contributed by atoms with Gasteiger partial charge in [0.25, 0.3) is 0 Å². The van der Waals surface area contributed by atoms with Crippen LogP contribution in [0, 0.1) is 0 Å². The van der Waals surface area contributed by atoms with Gasteiger partial charge in [-0.1, -0.05) is 0 Å². The Morgan fingerprint density at radius 3 is 2.72 bits per heavy atom. The first kappa shape index (κ1) is 21.5. The van der Waals surface area contributed by atoms with E-state index in [4.69, 9.17) is 30.6 Å². The van der Waals surface area contributed by atoms with Crippen molar-refractivity contribution in [1.82, 2.24) is 19.7 Å². The van der Waals surface area contributed by atoms with Crippen LogP contribution >= 0.6 is 28.4 Å². The van der Waals surface area contributed by atoms with Crippen LogP contribution in [0.1, 0.15) is 38.3 Å². The summed E-state index contributed by atoms with van der Waals surface area (Å²) in [6.07, 6.45) is 6.20. The van der Waals surface area contributed by atoms with E-state index in [-0.39, 0.29) is 30.1 Å². The van der Waals surface area contributed by atoms with Crippen LogP contribution in [-0.2, 0) is 9.26 Å². The second-order valence-corrected chi connectivity index (χ2v) is 10.3. The predicted octanol–water partition coefficient (Wildman–Crippen LogP) is 2.72. The van der Waals surface area contributed by atoms with Crippen LogP contribution in [0.2, 0.25) is 5.28 Å². The number of hydrogen-bond donors (Lipinski definition) is 3. The van der Waals surface area contributed by atoms with Crippen molar-refractivity contribution in [3.05, 3.63) is 11.5 Å². The summed E-state index contributed by atoms with van der Waals surface area (Å²) in [5.41, 5.74) is 0.646. The third-order valence-electron chi connectivity index (χ3n) is 5.08. The van der Waals surface area contributed by atoms with Gasteiger partial charge < -0.3 is 28.8 Å². The van der Waals surface area contributed by atoms with Crippen LogP contribution in [0.5, 0.6) is 0 Å². The molecular formula is C16H24ClN5O5P2. The van der Waals surface area contributed by atoms with Gasteiger partial charge in [0.05, 0.1) is 30.2 Å². The first-order valence-corrected chi connectivity index (χ1v) is 12.8. The molecule has 0 aromatic carbocycles. The Labute approximate surface area is 175 Å². The Kier molecular flexibility index (Phi) is 7.14. The molecule has 2 aromatic heterocycles. The van der Waals surface area contributed by atoms with Crippen LogP contribution in [0.4, 0.5) is 5.82 Å². The predicted molar refractivity (Wildman–Crippen MR) is 111 cm³/mol. The topological polar surface area (TPSA) is 126 Å². The van der Waals surface area contributed by atoms with Crippen molar-refractivity contribution in [3.8, 4) is 0 Å². The van der Waals surface area contributed by atoms with Gasteiger partial charge in [-0.3, -0.25) is 0 Å². The highest BCUT2D eigenvalue weighted by atomic mass is 35.5. The Morgan fingerprint density at radius 1 is 1.17 bits per heavy atom. The minimum absolute atomic E-state index is 0.140. The summed E-state index contributed by atoms with van der Waals surface area (Å²) in [5, 5.41) is 5.54. The largest absolute Gasteiger partial charge is 0.356 e. The van der Waals surface area contributed by atoms with Crippen molar-refractivity contribution in [1.29, 1.82) is 0 Å². The highest BCUT2D eigenvalue weighted by Gasteiger charge is 2.30. The lowest BCUT2D eigenvalue weighted by molar-refractivity contribution is -0.0213. The number of ether oxygens (including phenoxy) is 1. The van der Waals surface area contributed by atoms with Gasteiger partial charge in [-0.05, 0) is 43.7 Å². The Morgan fingerprint density at radius 2 is 1.97 bits per heavy atom. The third kappa shape index (κ3) is 5.14. The molecule has 13 heteroatoms. The number of nitrogens with zero attached hydrogens (tertiary/aromatic N) is 5. The van der Waals surface area contributed by atoms with Gasteiger partial charge in [0, 0.05) is 13.1 Å². The molecule has 2 fully saturated rings. The van der Waals surface area contributed by atoms with Crippen molar-refractivity contribution in [2.24, 2.45) is 0 Å². The van der Waals surface area contributed by atoms with Crippen LogP contribution < -0.4 is 4.90 Å². The summed E-state index contributed by atoms with van der Waals surface area (Å²) in [4.78, 5) is 38.7. The van der Waals surface area contributed by atoms with Gasteiger partial charge in [-0.25, -0.2) is 4.68 Å². The van der Waals surface area contributed by atoms with E-state index in [1.807, 2.05) is 0 Å². The molecule has 0 spiro atoms. The van der Waals surface area contributed by atoms with Gasteiger partial charge in [0.2, 0.25) is 5.28 Å². The van der Waals surface area contributed by atoms with E-state index < -0.39 is 16.8 Å². The standard InChI is InChI=1S/C16H24ClN5O5P2/c17-16-19-14(21-6-2-1-3-7-21)12-8-18-22(15(12)20-16)13-5-4-11(27-13)9-26-29(25)10-28(23)24/h8,11,13,23-25H,1-7,9-10H2. The summed E-state index contributed by atoms with van der Waals surface area (Å²) < 4.78 is 13.1. The lowest BCUT2D eigenvalue weighted by Gasteiger charge is -2.28. The number of hydrogen-bond acceptors (Lipinski definition) is 9. The molecule has 4 rings (SSSR count). The van der Waals surface area contributed by atoms with E-state index in [2.05, 4.69) is 20.0 Å². The molecule has 2 aliphatic rings. The molecule has 160 valence electrons. The smallest absolute Gasteiger partial charge is 0.226 e. The lowest BCUT2D eigenvalue weighted by atomic mass is 10.1. The quantitative estimate of drug-likeness (QED) is 0.419. The Bertz CT molecular complexity index is 837. The highest BCUT2D eigenvalue weighted by Crippen LogP contribution is 2.44. The Hall–Kier alpha value is -0.700. The normalized spacial score (nSPS) is 24.0. The monoisotopic (exact) mass is 463 g/mol. The van der Waals surface area contributed by atoms with E-state index in [1.54, 1.807) is 10.9 Å². The second kappa shape index (κ2) is 9.62. The zero-order chi connectivity index (χ0) is 20.4.